The van der Waals surface area contributed by atoms with Crippen LogP contribution >= 0.6 is 27.5 Å². The molecule has 1 aromatic rings. The number of nitrogens with two attached hydrogens (primary N) is 1. The number of halogens is 4. The molecular formula is C10H10BrClF2N2O. The van der Waals surface area contributed by atoms with Gasteiger partial charge >= 0.3 is 0 Å². The van der Waals surface area contributed by atoms with Gasteiger partial charge in [0.15, 0.2) is 0 Å². The molecule has 0 saturated carbocycles. The van der Waals surface area contributed by atoms with Crippen molar-refractivity contribution in [1.82, 2.24) is 5.32 Å². The highest BCUT2D eigenvalue weighted by atomic mass is 79.9. The Morgan fingerprint density at radius 2 is 2.18 bits per heavy atom. The summed E-state index contributed by atoms with van der Waals surface area (Å²) < 4.78 is 26.2. The van der Waals surface area contributed by atoms with Gasteiger partial charge in [0.05, 0.1) is 23.7 Å². The first kappa shape index (κ1) is 14.3. The van der Waals surface area contributed by atoms with Crippen LogP contribution in [0.1, 0.15) is 10.4 Å². The lowest BCUT2D eigenvalue weighted by Gasteiger charge is -2.15. The quantitative estimate of drug-likeness (QED) is 0.892. The van der Waals surface area contributed by atoms with Gasteiger partial charge in [0.2, 0.25) is 0 Å². The molecule has 0 aromatic heterocycles. The number of benzene rings is 1. The minimum absolute atomic E-state index is 0.133. The minimum atomic E-state index is -3.12. The van der Waals surface area contributed by atoms with E-state index >= 15 is 0 Å². The largest absolute Gasteiger partial charge is 0.346 e. The number of carbonyl (C=O) groups is 1. The van der Waals surface area contributed by atoms with E-state index < -0.39 is 24.9 Å². The predicted octanol–water partition coefficient (Wildman–Crippen LogP) is 2.43. The van der Waals surface area contributed by atoms with Crippen molar-refractivity contribution >= 4 is 33.4 Å². The van der Waals surface area contributed by atoms with Crippen LogP contribution in [0.3, 0.4) is 0 Å². The Morgan fingerprint density at radius 1 is 1.53 bits per heavy atom. The number of nitrogens with one attached hydrogen (secondary N) is 1. The lowest BCUT2D eigenvalue weighted by Crippen LogP contribution is -2.41. The number of amides is 1. The molecular weight excluding hydrogens is 317 g/mol. The maximum absolute atomic E-state index is 12.8. The monoisotopic (exact) mass is 326 g/mol. The molecule has 0 aliphatic rings. The van der Waals surface area contributed by atoms with Crippen LogP contribution in [0.2, 0.25) is 5.02 Å². The van der Waals surface area contributed by atoms with Gasteiger partial charge in [-0.05, 0) is 28.1 Å². The molecule has 0 radical (unpaired) electrons. The molecule has 0 aliphatic carbocycles. The molecule has 1 rings (SSSR count). The summed E-state index contributed by atoms with van der Waals surface area (Å²) in [6.07, 6.45) is 0. The number of carbonyl (C=O) groups excluding carboxylic acids is 1. The Labute approximate surface area is 110 Å². The van der Waals surface area contributed by atoms with Gasteiger partial charge in [0.25, 0.3) is 11.8 Å². The first-order valence-electron chi connectivity index (χ1n) is 4.67. The van der Waals surface area contributed by atoms with Gasteiger partial charge in [-0.15, -0.1) is 0 Å². The van der Waals surface area contributed by atoms with Gasteiger partial charge in [-0.3, -0.25) is 4.79 Å². The van der Waals surface area contributed by atoms with Crippen LogP contribution in [0.25, 0.3) is 0 Å². The van der Waals surface area contributed by atoms with E-state index in [9.17, 15) is 13.6 Å². The third-order valence-electron chi connectivity index (χ3n) is 2.00. The van der Waals surface area contributed by atoms with Gasteiger partial charge in [-0.1, -0.05) is 17.7 Å². The molecule has 1 aromatic carbocycles. The Hall–Kier alpha value is -0.720. The van der Waals surface area contributed by atoms with E-state index in [1.807, 2.05) is 0 Å². The summed E-state index contributed by atoms with van der Waals surface area (Å²) in [5, 5.41) is 2.27. The van der Waals surface area contributed by atoms with Crippen LogP contribution in [0, 0.1) is 0 Å². The smallest absolute Gasteiger partial charge is 0.277 e. The molecule has 17 heavy (non-hydrogen) atoms. The average Bonchev–Trinajstić information content (AvgIpc) is 2.30. The second-order valence-electron chi connectivity index (χ2n) is 3.34. The highest BCUT2D eigenvalue weighted by Crippen LogP contribution is 2.25. The highest BCUT2D eigenvalue weighted by Gasteiger charge is 2.27. The Balaban J connectivity index is 2.74. The average molecular weight is 328 g/mol. The summed E-state index contributed by atoms with van der Waals surface area (Å²) in [6.45, 7) is -1.63. The second-order valence-corrected chi connectivity index (χ2v) is 4.58. The topological polar surface area (TPSA) is 55.1 Å². The van der Waals surface area contributed by atoms with Crippen molar-refractivity contribution in [3.63, 3.8) is 0 Å². The van der Waals surface area contributed by atoms with Crippen LogP contribution in [-0.2, 0) is 0 Å². The van der Waals surface area contributed by atoms with Crippen molar-refractivity contribution in [3.8, 4) is 0 Å². The molecule has 0 saturated heterocycles. The highest BCUT2D eigenvalue weighted by molar-refractivity contribution is 9.10. The van der Waals surface area contributed by atoms with E-state index in [4.69, 9.17) is 17.3 Å². The zero-order valence-electron chi connectivity index (χ0n) is 8.64. The van der Waals surface area contributed by atoms with Crippen molar-refractivity contribution in [2.75, 3.05) is 13.1 Å². The second kappa shape index (κ2) is 5.75. The van der Waals surface area contributed by atoms with Crippen LogP contribution in [0.5, 0.6) is 0 Å². The summed E-state index contributed by atoms with van der Waals surface area (Å²) in [7, 11) is 0. The zero-order valence-corrected chi connectivity index (χ0v) is 11.0. The van der Waals surface area contributed by atoms with Gasteiger partial charge in [-0.2, -0.15) is 0 Å². The van der Waals surface area contributed by atoms with Crippen LogP contribution < -0.4 is 11.1 Å². The third kappa shape index (κ3) is 3.90. The Kier molecular flexibility index (Phi) is 4.85. The predicted molar refractivity (Wildman–Crippen MR) is 65.5 cm³/mol. The summed E-state index contributed by atoms with van der Waals surface area (Å²) in [4.78, 5) is 11.6. The molecule has 94 valence electrons. The SMILES string of the molecule is NCC(F)(F)CNC(=O)c1cccc(Br)c1Cl. The first-order chi connectivity index (χ1) is 7.87. The van der Waals surface area contributed by atoms with Crippen LogP contribution in [-0.4, -0.2) is 24.9 Å². The lowest BCUT2D eigenvalue weighted by molar-refractivity contribution is 0.0118. The number of hydrogen-bond acceptors (Lipinski definition) is 2. The fourth-order valence-corrected chi connectivity index (χ4v) is 1.63. The maximum atomic E-state index is 12.8. The van der Waals surface area contributed by atoms with E-state index in [0.29, 0.717) is 4.47 Å². The Bertz CT molecular complexity index is 429. The fraction of sp³-hybridized carbons (Fsp3) is 0.300. The molecule has 7 heteroatoms. The normalized spacial score (nSPS) is 11.4. The molecule has 3 nitrogen and oxygen atoms in total. The molecule has 0 spiro atoms. The van der Waals surface area contributed by atoms with Crippen molar-refractivity contribution in [3.05, 3.63) is 33.3 Å². The first-order valence-corrected chi connectivity index (χ1v) is 5.84. The van der Waals surface area contributed by atoms with Crippen molar-refractivity contribution < 1.29 is 13.6 Å². The standard InChI is InChI=1S/C10H10BrClF2N2O/c11-7-3-1-2-6(8(7)12)9(17)16-5-10(13,14)4-15/h1-3H,4-5,15H2,(H,16,17). The van der Waals surface area contributed by atoms with Crippen molar-refractivity contribution in [2.45, 2.75) is 5.92 Å². The molecule has 1 amide bonds. The maximum Gasteiger partial charge on any atom is 0.277 e. The zero-order chi connectivity index (χ0) is 13.1. The minimum Gasteiger partial charge on any atom is -0.346 e. The summed E-state index contributed by atoms with van der Waals surface area (Å²) in [5.74, 6) is -3.78. The van der Waals surface area contributed by atoms with Crippen molar-refractivity contribution in [1.29, 1.82) is 0 Å². The molecule has 0 heterocycles. The fourth-order valence-electron chi connectivity index (χ4n) is 1.06. The lowest BCUT2D eigenvalue weighted by atomic mass is 10.2. The van der Waals surface area contributed by atoms with Gasteiger partial charge in [0.1, 0.15) is 0 Å². The van der Waals surface area contributed by atoms with Crippen LogP contribution in [0.4, 0.5) is 8.78 Å². The van der Waals surface area contributed by atoms with E-state index in [1.54, 1.807) is 12.1 Å². The molecule has 0 unspecified atom stereocenters. The third-order valence-corrected chi connectivity index (χ3v) is 3.30. The van der Waals surface area contributed by atoms with Crippen LogP contribution in [0.15, 0.2) is 22.7 Å². The van der Waals surface area contributed by atoms with Crippen molar-refractivity contribution in [2.24, 2.45) is 5.73 Å². The van der Waals surface area contributed by atoms with E-state index in [1.165, 1.54) is 6.07 Å². The number of alkyl halides is 2. The molecule has 0 aliphatic heterocycles. The summed E-state index contributed by atoms with van der Waals surface area (Å²) in [6, 6.07) is 4.68. The molecule has 0 atom stereocenters. The van der Waals surface area contributed by atoms with E-state index in [-0.39, 0.29) is 10.6 Å². The van der Waals surface area contributed by atoms with Gasteiger partial charge < -0.3 is 11.1 Å². The Morgan fingerprint density at radius 3 is 2.76 bits per heavy atom. The summed E-state index contributed by atoms with van der Waals surface area (Å²) >= 11 is 8.99. The molecule has 3 N–H and O–H groups in total. The summed E-state index contributed by atoms with van der Waals surface area (Å²) in [5.41, 5.74) is 4.98. The van der Waals surface area contributed by atoms with E-state index in [2.05, 4.69) is 21.2 Å². The molecule has 0 fully saturated rings. The number of hydrogen-bond donors (Lipinski definition) is 2. The number of rotatable bonds is 4. The van der Waals surface area contributed by atoms with Gasteiger partial charge in [0, 0.05) is 4.47 Å². The van der Waals surface area contributed by atoms with E-state index in [0.717, 1.165) is 0 Å². The van der Waals surface area contributed by atoms with Gasteiger partial charge in [-0.25, -0.2) is 8.78 Å². The molecule has 0 bridgehead atoms.